The van der Waals surface area contributed by atoms with E-state index in [0.29, 0.717) is 6.04 Å². The lowest BCUT2D eigenvalue weighted by Gasteiger charge is -2.34. The lowest BCUT2D eigenvalue weighted by Crippen LogP contribution is -2.40. The molecule has 1 aliphatic heterocycles. The van der Waals surface area contributed by atoms with Gasteiger partial charge in [0.1, 0.15) is 0 Å². The zero-order valence-electron chi connectivity index (χ0n) is 11.7. The minimum absolute atomic E-state index is 0.184. The van der Waals surface area contributed by atoms with Crippen molar-refractivity contribution in [3.63, 3.8) is 0 Å². The third-order valence-corrected chi connectivity index (χ3v) is 4.04. The maximum absolute atomic E-state index is 6.28. The largest absolute Gasteiger partial charge is 0.326 e. The highest BCUT2D eigenvalue weighted by molar-refractivity contribution is 5.29. The normalized spacial score (nSPS) is 21.3. The lowest BCUT2D eigenvalue weighted by molar-refractivity contribution is 0.182. The average molecular weight is 246 g/mol. The van der Waals surface area contributed by atoms with Gasteiger partial charge in [-0.2, -0.15) is 0 Å². The standard InChI is InChI=1S/C16H26N2/c1-13-9-5-6-10-15(13)16(14(2)17)18-11-7-3-4-8-12-18/h5-6,9-10,14,16H,3-4,7-8,11-12,17H2,1-2H3. The van der Waals surface area contributed by atoms with Crippen molar-refractivity contribution < 1.29 is 0 Å². The maximum Gasteiger partial charge on any atom is 0.0499 e. The second kappa shape index (κ2) is 6.35. The molecule has 0 aliphatic carbocycles. The summed E-state index contributed by atoms with van der Waals surface area (Å²) in [5, 5.41) is 0. The summed E-state index contributed by atoms with van der Waals surface area (Å²) < 4.78 is 0. The first-order valence-corrected chi connectivity index (χ1v) is 7.25. The summed E-state index contributed by atoms with van der Waals surface area (Å²) in [5.74, 6) is 0. The van der Waals surface area contributed by atoms with Crippen LogP contribution in [0.2, 0.25) is 0 Å². The molecule has 18 heavy (non-hydrogen) atoms. The van der Waals surface area contributed by atoms with E-state index in [1.165, 1.54) is 49.9 Å². The summed E-state index contributed by atoms with van der Waals surface area (Å²) in [5.41, 5.74) is 9.05. The number of likely N-dealkylation sites (tertiary alicyclic amines) is 1. The first-order chi connectivity index (χ1) is 8.70. The van der Waals surface area contributed by atoms with Gasteiger partial charge in [-0.1, -0.05) is 37.1 Å². The minimum Gasteiger partial charge on any atom is -0.326 e. The first kappa shape index (κ1) is 13.6. The summed E-state index contributed by atoms with van der Waals surface area (Å²) in [6.45, 7) is 6.73. The smallest absolute Gasteiger partial charge is 0.0499 e. The van der Waals surface area contributed by atoms with Gasteiger partial charge in [0.05, 0.1) is 0 Å². The van der Waals surface area contributed by atoms with Gasteiger partial charge in [0.25, 0.3) is 0 Å². The van der Waals surface area contributed by atoms with Crippen LogP contribution in [0.4, 0.5) is 0 Å². The Morgan fingerprint density at radius 3 is 2.22 bits per heavy atom. The molecule has 2 N–H and O–H groups in total. The predicted molar refractivity (Wildman–Crippen MR) is 77.6 cm³/mol. The van der Waals surface area contributed by atoms with Crippen molar-refractivity contribution in [3.05, 3.63) is 35.4 Å². The Labute approximate surface area is 111 Å². The molecule has 1 aliphatic rings. The van der Waals surface area contributed by atoms with Crippen LogP contribution in [0, 0.1) is 6.92 Å². The van der Waals surface area contributed by atoms with Crippen LogP contribution >= 0.6 is 0 Å². The van der Waals surface area contributed by atoms with Crippen molar-refractivity contribution in [3.8, 4) is 0 Å². The number of benzene rings is 1. The topological polar surface area (TPSA) is 29.3 Å². The first-order valence-electron chi connectivity index (χ1n) is 7.25. The molecule has 1 heterocycles. The van der Waals surface area contributed by atoms with E-state index in [-0.39, 0.29) is 6.04 Å². The summed E-state index contributed by atoms with van der Waals surface area (Å²) in [6.07, 6.45) is 5.37. The van der Waals surface area contributed by atoms with E-state index in [1.807, 2.05) is 0 Å². The fourth-order valence-corrected chi connectivity index (χ4v) is 3.10. The van der Waals surface area contributed by atoms with Crippen molar-refractivity contribution in [1.29, 1.82) is 0 Å². The molecule has 2 rings (SSSR count). The van der Waals surface area contributed by atoms with E-state index in [1.54, 1.807) is 0 Å². The van der Waals surface area contributed by atoms with Crippen LogP contribution in [0.1, 0.15) is 49.8 Å². The van der Waals surface area contributed by atoms with Crippen LogP contribution < -0.4 is 5.73 Å². The van der Waals surface area contributed by atoms with E-state index in [0.717, 1.165) is 0 Å². The van der Waals surface area contributed by atoms with Crippen molar-refractivity contribution in [1.82, 2.24) is 4.90 Å². The van der Waals surface area contributed by atoms with Crippen LogP contribution in [0.25, 0.3) is 0 Å². The third kappa shape index (κ3) is 3.12. The molecule has 0 saturated carbocycles. The van der Waals surface area contributed by atoms with E-state index < -0.39 is 0 Å². The van der Waals surface area contributed by atoms with Crippen LogP contribution in [0.5, 0.6) is 0 Å². The number of hydrogen-bond acceptors (Lipinski definition) is 2. The minimum atomic E-state index is 0.184. The average Bonchev–Trinajstić information content (AvgIpc) is 2.60. The Kier molecular flexibility index (Phi) is 4.79. The molecule has 0 spiro atoms. The zero-order valence-corrected chi connectivity index (χ0v) is 11.7. The molecule has 1 saturated heterocycles. The molecule has 2 heteroatoms. The van der Waals surface area contributed by atoms with Gasteiger partial charge < -0.3 is 5.73 Å². The molecule has 2 atom stereocenters. The second-order valence-corrected chi connectivity index (χ2v) is 5.61. The fourth-order valence-electron chi connectivity index (χ4n) is 3.10. The Morgan fingerprint density at radius 2 is 1.67 bits per heavy atom. The third-order valence-electron chi connectivity index (χ3n) is 4.04. The van der Waals surface area contributed by atoms with E-state index in [2.05, 4.69) is 43.0 Å². The number of nitrogens with two attached hydrogens (primary N) is 1. The summed E-state index contributed by atoms with van der Waals surface area (Å²) in [6, 6.07) is 9.25. The van der Waals surface area contributed by atoms with Gasteiger partial charge >= 0.3 is 0 Å². The molecule has 1 aromatic rings. The molecule has 100 valence electrons. The molecule has 0 bridgehead atoms. The van der Waals surface area contributed by atoms with E-state index in [4.69, 9.17) is 5.73 Å². The van der Waals surface area contributed by atoms with Crippen molar-refractivity contribution in [2.24, 2.45) is 5.73 Å². The highest BCUT2D eigenvalue weighted by Crippen LogP contribution is 2.28. The van der Waals surface area contributed by atoms with E-state index >= 15 is 0 Å². The predicted octanol–water partition coefficient (Wildman–Crippen LogP) is 3.26. The van der Waals surface area contributed by atoms with E-state index in [9.17, 15) is 0 Å². The van der Waals surface area contributed by atoms with Gasteiger partial charge in [-0.3, -0.25) is 4.90 Å². The van der Waals surface area contributed by atoms with Crippen LogP contribution in [-0.4, -0.2) is 24.0 Å². The van der Waals surface area contributed by atoms with Crippen LogP contribution in [0.3, 0.4) is 0 Å². The highest BCUT2D eigenvalue weighted by atomic mass is 15.2. The molecule has 0 amide bonds. The second-order valence-electron chi connectivity index (χ2n) is 5.61. The fraction of sp³-hybridized carbons (Fsp3) is 0.625. The maximum atomic E-state index is 6.28. The lowest BCUT2D eigenvalue weighted by atomic mass is 9.95. The number of aryl methyl sites for hydroxylation is 1. The van der Waals surface area contributed by atoms with Gasteiger partial charge in [-0.25, -0.2) is 0 Å². The van der Waals surface area contributed by atoms with Gasteiger partial charge in [-0.05, 0) is 50.9 Å². The quantitative estimate of drug-likeness (QED) is 0.887. The van der Waals surface area contributed by atoms with Gasteiger partial charge in [0, 0.05) is 12.1 Å². The number of rotatable bonds is 3. The van der Waals surface area contributed by atoms with Gasteiger partial charge in [0.15, 0.2) is 0 Å². The molecular formula is C16H26N2. The molecule has 1 fully saturated rings. The summed E-state index contributed by atoms with van der Waals surface area (Å²) >= 11 is 0. The summed E-state index contributed by atoms with van der Waals surface area (Å²) in [4.78, 5) is 2.60. The van der Waals surface area contributed by atoms with Crippen molar-refractivity contribution in [2.75, 3.05) is 13.1 Å². The monoisotopic (exact) mass is 246 g/mol. The molecule has 2 unspecified atom stereocenters. The Bertz CT molecular complexity index is 365. The van der Waals surface area contributed by atoms with Gasteiger partial charge in [-0.15, -0.1) is 0 Å². The zero-order chi connectivity index (χ0) is 13.0. The molecule has 0 aromatic heterocycles. The molecule has 0 radical (unpaired) electrons. The Morgan fingerprint density at radius 1 is 1.06 bits per heavy atom. The van der Waals surface area contributed by atoms with Crippen LogP contribution in [0.15, 0.2) is 24.3 Å². The number of hydrogen-bond donors (Lipinski definition) is 1. The van der Waals surface area contributed by atoms with Gasteiger partial charge in [0.2, 0.25) is 0 Å². The number of nitrogens with zero attached hydrogens (tertiary/aromatic N) is 1. The van der Waals surface area contributed by atoms with Crippen LogP contribution in [-0.2, 0) is 0 Å². The highest BCUT2D eigenvalue weighted by Gasteiger charge is 2.25. The Hall–Kier alpha value is -0.860. The SMILES string of the molecule is Cc1ccccc1C(C(C)N)N1CCCCCC1. The molecular weight excluding hydrogens is 220 g/mol. The van der Waals surface area contributed by atoms with Crippen molar-refractivity contribution in [2.45, 2.75) is 51.6 Å². The summed E-state index contributed by atoms with van der Waals surface area (Å²) in [7, 11) is 0. The molecule has 2 nitrogen and oxygen atoms in total. The van der Waals surface area contributed by atoms with Crippen molar-refractivity contribution >= 4 is 0 Å². The Balaban J connectivity index is 2.24. The molecule has 1 aromatic carbocycles.